The number of ether oxygens (including phenoxy) is 1. The van der Waals surface area contributed by atoms with Gasteiger partial charge in [-0.05, 0) is 25.8 Å². The van der Waals surface area contributed by atoms with Crippen molar-refractivity contribution in [2.75, 3.05) is 18.5 Å². The molecular formula is C13H19N3OS. The molecule has 0 atom stereocenters. The molecule has 0 saturated carbocycles. The normalized spacial score (nSPS) is 10.8. The second kappa shape index (κ2) is 6.00. The Bertz CT molecular complexity index is 524. The fourth-order valence-corrected chi connectivity index (χ4v) is 2.64. The Hall–Kier alpha value is -1.36. The molecule has 98 valence electrons. The average Bonchev–Trinajstić information content (AvgIpc) is 2.80. The molecule has 4 nitrogen and oxygen atoms in total. The molecule has 0 amide bonds. The van der Waals surface area contributed by atoms with Crippen molar-refractivity contribution in [3.8, 4) is 5.88 Å². The van der Waals surface area contributed by atoms with Crippen molar-refractivity contribution in [3.05, 3.63) is 10.9 Å². The van der Waals surface area contributed by atoms with Crippen LogP contribution in [0, 0.1) is 0 Å². The summed E-state index contributed by atoms with van der Waals surface area (Å²) < 4.78 is 5.61. The highest BCUT2D eigenvalue weighted by Crippen LogP contribution is 2.31. The molecule has 2 heterocycles. The summed E-state index contributed by atoms with van der Waals surface area (Å²) in [4.78, 5) is 11.3. The van der Waals surface area contributed by atoms with E-state index in [1.165, 1.54) is 4.88 Å². The number of rotatable bonds is 6. The predicted octanol–water partition coefficient (Wildman–Crippen LogP) is 3.47. The summed E-state index contributed by atoms with van der Waals surface area (Å²) in [5.41, 5.74) is 0. The molecule has 0 radical (unpaired) electrons. The van der Waals surface area contributed by atoms with Crippen LogP contribution in [0.1, 0.15) is 32.1 Å². The average molecular weight is 265 g/mol. The van der Waals surface area contributed by atoms with E-state index >= 15 is 0 Å². The zero-order chi connectivity index (χ0) is 13.0. The van der Waals surface area contributed by atoms with Crippen LogP contribution in [-0.2, 0) is 6.42 Å². The van der Waals surface area contributed by atoms with Crippen molar-refractivity contribution in [2.24, 2.45) is 0 Å². The third-order valence-electron chi connectivity index (χ3n) is 2.57. The van der Waals surface area contributed by atoms with Crippen LogP contribution in [0.15, 0.2) is 6.07 Å². The topological polar surface area (TPSA) is 47.0 Å². The molecule has 2 rings (SSSR count). The first-order valence-corrected chi connectivity index (χ1v) is 7.27. The third-order valence-corrected chi connectivity index (χ3v) is 3.74. The highest BCUT2D eigenvalue weighted by Gasteiger charge is 2.11. The van der Waals surface area contributed by atoms with E-state index in [2.05, 4.69) is 35.2 Å². The Morgan fingerprint density at radius 1 is 1.28 bits per heavy atom. The third kappa shape index (κ3) is 2.72. The van der Waals surface area contributed by atoms with Crippen LogP contribution in [0.2, 0.25) is 0 Å². The van der Waals surface area contributed by atoms with Crippen molar-refractivity contribution in [3.63, 3.8) is 0 Å². The molecule has 0 aliphatic heterocycles. The van der Waals surface area contributed by atoms with E-state index in [1.807, 2.05) is 6.92 Å². The molecule has 0 spiro atoms. The summed E-state index contributed by atoms with van der Waals surface area (Å²) >= 11 is 1.71. The molecule has 18 heavy (non-hydrogen) atoms. The van der Waals surface area contributed by atoms with Crippen molar-refractivity contribution < 1.29 is 4.74 Å². The number of aryl methyl sites for hydroxylation is 1. The Labute approximate surface area is 111 Å². The van der Waals surface area contributed by atoms with Crippen molar-refractivity contribution in [1.82, 2.24) is 9.97 Å². The zero-order valence-electron chi connectivity index (χ0n) is 11.1. The maximum atomic E-state index is 5.61. The fraction of sp³-hybridized carbons (Fsp3) is 0.538. The lowest BCUT2D eigenvalue weighted by Gasteiger charge is -2.07. The van der Waals surface area contributed by atoms with Gasteiger partial charge in [-0.1, -0.05) is 13.8 Å². The lowest BCUT2D eigenvalue weighted by Crippen LogP contribution is -2.05. The first-order chi connectivity index (χ1) is 8.78. The smallest absolute Gasteiger partial charge is 0.227 e. The van der Waals surface area contributed by atoms with Crippen molar-refractivity contribution in [1.29, 1.82) is 0 Å². The number of nitrogens with one attached hydrogen (secondary N) is 1. The van der Waals surface area contributed by atoms with Gasteiger partial charge in [0.25, 0.3) is 0 Å². The lowest BCUT2D eigenvalue weighted by molar-refractivity contribution is 0.331. The Balaban J connectivity index is 2.43. The van der Waals surface area contributed by atoms with Crippen LogP contribution in [-0.4, -0.2) is 23.1 Å². The number of nitrogens with zero attached hydrogens (tertiary/aromatic N) is 2. The van der Waals surface area contributed by atoms with Crippen molar-refractivity contribution in [2.45, 2.75) is 33.6 Å². The monoisotopic (exact) mass is 265 g/mol. The Morgan fingerprint density at radius 3 is 2.78 bits per heavy atom. The first-order valence-electron chi connectivity index (χ1n) is 6.45. The molecule has 5 heteroatoms. The van der Waals surface area contributed by atoms with Crippen LogP contribution >= 0.6 is 11.3 Å². The van der Waals surface area contributed by atoms with E-state index in [0.717, 1.165) is 29.6 Å². The van der Waals surface area contributed by atoms with Gasteiger partial charge in [-0.3, -0.25) is 0 Å². The van der Waals surface area contributed by atoms with Gasteiger partial charge in [0, 0.05) is 11.4 Å². The molecule has 2 aromatic heterocycles. The summed E-state index contributed by atoms with van der Waals surface area (Å²) in [6.07, 6.45) is 2.07. The van der Waals surface area contributed by atoms with Gasteiger partial charge in [-0.25, -0.2) is 4.98 Å². The van der Waals surface area contributed by atoms with Gasteiger partial charge in [-0.15, -0.1) is 11.3 Å². The lowest BCUT2D eigenvalue weighted by atomic mass is 10.3. The van der Waals surface area contributed by atoms with Gasteiger partial charge in [0.2, 0.25) is 11.8 Å². The molecule has 1 N–H and O–H groups in total. The first kappa shape index (κ1) is 13.1. The summed E-state index contributed by atoms with van der Waals surface area (Å²) in [6.45, 7) is 7.74. The number of fused-ring (bicyclic) bond motifs is 1. The molecule has 0 bridgehead atoms. The minimum atomic E-state index is 0.622. The number of aromatic nitrogens is 2. The van der Waals surface area contributed by atoms with Crippen LogP contribution in [0.3, 0.4) is 0 Å². The van der Waals surface area contributed by atoms with E-state index in [0.29, 0.717) is 18.4 Å². The summed E-state index contributed by atoms with van der Waals surface area (Å²) in [7, 11) is 0. The maximum absolute atomic E-state index is 5.61. The molecule has 0 unspecified atom stereocenters. The van der Waals surface area contributed by atoms with Gasteiger partial charge in [-0.2, -0.15) is 4.98 Å². The van der Waals surface area contributed by atoms with Gasteiger partial charge < -0.3 is 10.1 Å². The molecule has 0 aliphatic carbocycles. The maximum Gasteiger partial charge on any atom is 0.227 e. The van der Waals surface area contributed by atoms with Gasteiger partial charge >= 0.3 is 0 Å². The van der Waals surface area contributed by atoms with Crippen LogP contribution in [0.4, 0.5) is 5.95 Å². The van der Waals surface area contributed by atoms with Crippen molar-refractivity contribution >= 4 is 27.5 Å². The standard InChI is InChI=1S/C13H19N3OS/c1-4-7-14-13-15-11(17-6-3)10-8-9(5-2)18-12(10)16-13/h8H,4-7H2,1-3H3,(H,14,15,16). The molecule has 2 aromatic rings. The Morgan fingerprint density at radius 2 is 2.11 bits per heavy atom. The van der Waals surface area contributed by atoms with Gasteiger partial charge in [0.1, 0.15) is 4.83 Å². The molecule has 0 aliphatic rings. The van der Waals surface area contributed by atoms with E-state index < -0.39 is 0 Å². The molecule has 0 aromatic carbocycles. The van der Waals surface area contributed by atoms with Gasteiger partial charge in [0.15, 0.2) is 0 Å². The summed E-state index contributed by atoms with van der Waals surface area (Å²) in [6, 6.07) is 2.13. The molecule has 0 fully saturated rings. The molecular weight excluding hydrogens is 246 g/mol. The number of hydrogen-bond acceptors (Lipinski definition) is 5. The van der Waals surface area contributed by atoms with E-state index in [1.54, 1.807) is 11.3 Å². The number of hydrogen-bond donors (Lipinski definition) is 1. The number of thiophene rings is 1. The Kier molecular flexibility index (Phi) is 4.36. The van der Waals surface area contributed by atoms with Crippen LogP contribution in [0.5, 0.6) is 5.88 Å². The van der Waals surface area contributed by atoms with Crippen LogP contribution in [0.25, 0.3) is 10.2 Å². The quantitative estimate of drug-likeness (QED) is 0.868. The summed E-state index contributed by atoms with van der Waals surface area (Å²) in [5, 5.41) is 4.25. The highest BCUT2D eigenvalue weighted by molar-refractivity contribution is 7.18. The van der Waals surface area contributed by atoms with E-state index in [4.69, 9.17) is 4.74 Å². The zero-order valence-corrected chi connectivity index (χ0v) is 11.9. The van der Waals surface area contributed by atoms with E-state index in [-0.39, 0.29) is 0 Å². The largest absolute Gasteiger partial charge is 0.477 e. The highest BCUT2D eigenvalue weighted by atomic mass is 32.1. The predicted molar refractivity (Wildman–Crippen MR) is 76.7 cm³/mol. The minimum absolute atomic E-state index is 0.622. The SMILES string of the molecule is CCCNc1nc(OCC)c2cc(CC)sc2n1. The van der Waals surface area contributed by atoms with E-state index in [9.17, 15) is 0 Å². The fourth-order valence-electron chi connectivity index (χ4n) is 1.68. The van der Waals surface area contributed by atoms with Crippen LogP contribution < -0.4 is 10.1 Å². The molecule has 0 saturated heterocycles. The second-order valence-electron chi connectivity index (χ2n) is 4.00. The second-order valence-corrected chi connectivity index (χ2v) is 5.11. The summed E-state index contributed by atoms with van der Waals surface area (Å²) in [5.74, 6) is 1.36. The minimum Gasteiger partial charge on any atom is -0.477 e. The van der Waals surface area contributed by atoms with Gasteiger partial charge in [0.05, 0.1) is 12.0 Å². The number of anilines is 1.